The van der Waals surface area contributed by atoms with Crippen LogP contribution in [0.2, 0.25) is 0 Å². The van der Waals surface area contributed by atoms with Crippen molar-refractivity contribution in [2.45, 2.75) is 13.5 Å². The largest absolute Gasteiger partial charge is 0.488 e. The molecule has 0 saturated carbocycles. The van der Waals surface area contributed by atoms with Crippen LogP contribution in [-0.2, 0) is 16.1 Å². The van der Waals surface area contributed by atoms with Crippen LogP contribution in [0.15, 0.2) is 83.5 Å². The number of nitrogens with zero attached hydrogens (tertiary/aromatic N) is 1. The lowest BCUT2D eigenvalue weighted by atomic mass is 10.1. The number of hydrogen-bond acceptors (Lipinski definition) is 4. The molecule has 0 aromatic heterocycles. The first-order valence-electron chi connectivity index (χ1n) is 9.15. The van der Waals surface area contributed by atoms with Crippen molar-refractivity contribution >= 4 is 40.5 Å². The predicted molar refractivity (Wildman–Crippen MR) is 122 cm³/mol. The van der Waals surface area contributed by atoms with Gasteiger partial charge in [0.1, 0.15) is 12.4 Å². The van der Waals surface area contributed by atoms with E-state index in [1.807, 2.05) is 79.7 Å². The standard InChI is InChI=1S/C24H18INO3/c1-16-13-19(11-12-20(16)25)23-26-21(24(27)29-23)14-18-9-5-6-10-22(18)28-15-17-7-3-2-4-8-17/h2-14H,15H2,1H3/b21-14-. The normalized spacial score (nSPS) is 14.6. The Morgan fingerprint density at radius 1 is 1.03 bits per heavy atom. The maximum atomic E-state index is 12.4. The Morgan fingerprint density at radius 3 is 2.59 bits per heavy atom. The van der Waals surface area contributed by atoms with E-state index in [1.54, 1.807) is 6.08 Å². The van der Waals surface area contributed by atoms with Crippen LogP contribution in [0.1, 0.15) is 22.3 Å². The van der Waals surface area contributed by atoms with Crippen LogP contribution in [0.4, 0.5) is 0 Å². The zero-order valence-electron chi connectivity index (χ0n) is 15.8. The fourth-order valence-corrected chi connectivity index (χ4v) is 3.26. The van der Waals surface area contributed by atoms with Crippen LogP contribution < -0.4 is 4.74 Å². The van der Waals surface area contributed by atoms with Crippen LogP contribution in [0.3, 0.4) is 0 Å². The Hall–Kier alpha value is -2.93. The Labute approximate surface area is 183 Å². The molecule has 3 aromatic rings. The lowest BCUT2D eigenvalue weighted by Gasteiger charge is -2.09. The fourth-order valence-electron chi connectivity index (χ4n) is 2.92. The van der Waals surface area contributed by atoms with Gasteiger partial charge in [0.15, 0.2) is 5.70 Å². The molecule has 0 radical (unpaired) electrons. The molecule has 1 heterocycles. The lowest BCUT2D eigenvalue weighted by molar-refractivity contribution is -0.129. The molecule has 0 bridgehead atoms. The molecule has 1 aliphatic rings. The number of esters is 1. The summed E-state index contributed by atoms with van der Waals surface area (Å²) in [7, 11) is 0. The van der Waals surface area contributed by atoms with E-state index in [0.717, 1.165) is 25.8 Å². The van der Waals surface area contributed by atoms with Crippen molar-refractivity contribution in [3.05, 3.63) is 104 Å². The number of ether oxygens (including phenoxy) is 2. The zero-order valence-corrected chi connectivity index (χ0v) is 17.9. The fraction of sp³-hybridized carbons (Fsp3) is 0.0833. The molecule has 4 rings (SSSR count). The molecule has 5 heteroatoms. The second-order valence-corrected chi connectivity index (χ2v) is 7.77. The lowest BCUT2D eigenvalue weighted by Crippen LogP contribution is -2.05. The molecule has 0 N–H and O–H groups in total. The summed E-state index contributed by atoms with van der Waals surface area (Å²) in [4.78, 5) is 16.8. The predicted octanol–water partition coefficient (Wildman–Crippen LogP) is 5.52. The summed E-state index contributed by atoms with van der Waals surface area (Å²) in [6.07, 6.45) is 1.70. The van der Waals surface area contributed by atoms with Crippen LogP contribution in [0.25, 0.3) is 6.08 Å². The molecule has 29 heavy (non-hydrogen) atoms. The molecule has 0 aliphatic carbocycles. The summed E-state index contributed by atoms with van der Waals surface area (Å²) in [5, 5.41) is 0. The number of carbonyl (C=O) groups excluding carboxylic acids is 1. The Kier molecular flexibility index (Phi) is 5.76. The van der Waals surface area contributed by atoms with E-state index in [-0.39, 0.29) is 5.70 Å². The summed E-state index contributed by atoms with van der Waals surface area (Å²) >= 11 is 2.27. The molecule has 4 nitrogen and oxygen atoms in total. The maximum absolute atomic E-state index is 12.4. The molecule has 3 aromatic carbocycles. The smallest absolute Gasteiger partial charge is 0.363 e. The van der Waals surface area contributed by atoms with E-state index < -0.39 is 5.97 Å². The van der Waals surface area contributed by atoms with E-state index in [9.17, 15) is 4.79 Å². The summed E-state index contributed by atoms with van der Waals surface area (Å²) in [6, 6.07) is 23.4. The number of benzene rings is 3. The van der Waals surface area contributed by atoms with Crippen molar-refractivity contribution in [1.82, 2.24) is 0 Å². The van der Waals surface area contributed by atoms with Crippen LogP contribution in [-0.4, -0.2) is 11.9 Å². The highest BCUT2D eigenvalue weighted by Gasteiger charge is 2.24. The highest BCUT2D eigenvalue weighted by molar-refractivity contribution is 14.1. The molecule has 0 spiro atoms. The maximum Gasteiger partial charge on any atom is 0.363 e. The summed E-state index contributed by atoms with van der Waals surface area (Å²) < 4.78 is 12.5. The van der Waals surface area contributed by atoms with Gasteiger partial charge in [0, 0.05) is 14.7 Å². The SMILES string of the molecule is Cc1cc(C2=N/C(=C\c3ccccc3OCc3ccccc3)C(=O)O2)ccc1I. The Balaban J connectivity index is 1.59. The highest BCUT2D eigenvalue weighted by Crippen LogP contribution is 2.26. The second-order valence-electron chi connectivity index (χ2n) is 6.61. The first kappa shape index (κ1) is 19.4. The third-order valence-electron chi connectivity index (χ3n) is 4.47. The number of aliphatic imine (C=N–C) groups is 1. The average Bonchev–Trinajstić information content (AvgIpc) is 3.10. The third kappa shape index (κ3) is 4.56. The molecular formula is C24H18INO3. The monoisotopic (exact) mass is 495 g/mol. The van der Waals surface area contributed by atoms with Gasteiger partial charge in [-0.05, 0) is 71.0 Å². The van der Waals surface area contributed by atoms with E-state index in [0.29, 0.717) is 18.3 Å². The molecule has 0 saturated heterocycles. The van der Waals surface area contributed by atoms with Crippen LogP contribution in [0, 0.1) is 10.5 Å². The molecule has 0 atom stereocenters. The van der Waals surface area contributed by atoms with Crippen molar-refractivity contribution in [3.8, 4) is 5.75 Å². The van der Waals surface area contributed by atoms with Gasteiger partial charge in [-0.3, -0.25) is 0 Å². The first-order valence-corrected chi connectivity index (χ1v) is 10.2. The minimum absolute atomic E-state index is 0.256. The van der Waals surface area contributed by atoms with Crippen molar-refractivity contribution in [2.24, 2.45) is 4.99 Å². The topological polar surface area (TPSA) is 47.9 Å². The van der Waals surface area contributed by atoms with Crippen LogP contribution >= 0.6 is 22.6 Å². The van der Waals surface area contributed by atoms with Crippen molar-refractivity contribution < 1.29 is 14.3 Å². The molecule has 0 unspecified atom stereocenters. The summed E-state index contributed by atoms with van der Waals surface area (Å²) in [5.74, 6) is 0.544. The van der Waals surface area contributed by atoms with Gasteiger partial charge in [-0.2, -0.15) is 0 Å². The number of cyclic esters (lactones) is 1. The summed E-state index contributed by atoms with van der Waals surface area (Å²) in [5.41, 5.74) is 4.00. The van der Waals surface area contributed by atoms with E-state index in [2.05, 4.69) is 27.6 Å². The summed E-state index contributed by atoms with van der Waals surface area (Å²) in [6.45, 7) is 2.46. The number of hydrogen-bond donors (Lipinski definition) is 0. The van der Waals surface area contributed by atoms with Gasteiger partial charge in [0.25, 0.3) is 0 Å². The average molecular weight is 495 g/mol. The number of carbonyl (C=O) groups is 1. The van der Waals surface area contributed by atoms with Gasteiger partial charge in [-0.25, -0.2) is 9.79 Å². The van der Waals surface area contributed by atoms with E-state index in [4.69, 9.17) is 9.47 Å². The quantitative estimate of drug-likeness (QED) is 0.266. The highest BCUT2D eigenvalue weighted by atomic mass is 127. The number of aryl methyl sites for hydroxylation is 1. The molecule has 1 aliphatic heterocycles. The van der Waals surface area contributed by atoms with Gasteiger partial charge in [-0.15, -0.1) is 0 Å². The molecule has 0 amide bonds. The van der Waals surface area contributed by atoms with E-state index in [1.165, 1.54) is 0 Å². The Bertz CT molecular complexity index is 1120. The second kappa shape index (κ2) is 8.61. The van der Waals surface area contributed by atoms with Gasteiger partial charge >= 0.3 is 5.97 Å². The van der Waals surface area contributed by atoms with Crippen molar-refractivity contribution in [3.63, 3.8) is 0 Å². The first-order chi connectivity index (χ1) is 14.1. The number of rotatable bonds is 5. The van der Waals surface area contributed by atoms with Crippen LogP contribution in [0.5, 0.6) is 5.75 Å². The van der Waals surface area contributed by atoms with Crippen molar-refractivity contribution in [1.29, 1.82) is 0 Å². The number of halogens is 1. The minimum Gasteiger partial charge on any atom is -0.488 e. The number of para-hydroxylation sites is 1. The third-order valence-corrected chi connectivity index (χ3v) is 5.68. The van der Waals surface area contributed by atoms with Gasteiger partial charge in [0.2, 0.25) is 5.90 Å². The van der Waals surface area contributed by atoms with Gasteiger partial charge in [0.05, 0.1) is 0 Å². The molecule has 0 fully saturated rings. The van der Waals surface area contributed by atoms with E-state index >= 15 is 0 Å². The van der Waals surface area contributed by atoms with Gasteiger partial charge in [-0.1, -0.05) is 48.5 Å². The Morgan fingerprint density at radius 2 is 1.79 bits per heavy atom. The molecular weight excluding hydrogens is 477 g/mol. The minimum atomic E-state index is -0.464. The van der Waals surface area contributed by atoms with Gasteiger partial charge < -0.3 is 9.47 Å². The molecule has 144 valence electrons. The van der Waals surface area contributed by atoms with Crippen molar-refractivity contribution in [2.75, 3.05) is 0 Å². The zero-order chi connectivity index (χ0) is 20.2.